The average Bonchev–Trinajstić information content (AvgIpc) is 2.65. The van der Waals surface area contributed by atoms with Crippen LogP contribution in [0.15, 0.2) is 18.2 Å². The first-order chi connectivity index (χ1) is 7.69. The summed E-state index contributed by atoms with van der Waals surface area (Å²) < 4.78 is 5.44. The monoisotopic (exact) mass is 283 g/mol. The fourth-order valence-electron chi connectivity index (χ4n) is 1.67. The molecular formula is C11H10BrNO3. The first-order valence-corrected chi connectivity index (χ1v) is 5.88. The third kappa shape index (κ3) is 1.61. The Morgan fingerprint density at radius 3 is 3.00 bits per heavy atom. The first kappa shape index (κ1) is 11.1. The van der Waals surface area contributed by atoms with E-state index >= 15 is 0 Å². The summed E-state index contributed by atoms with van der Waals surface area (Å²) in [6, 6.07) is 5.30. The molecule has 0 aliphatic carbocycles. The van der Waals surface area contributed by atoms with E-state index in [0.717, 1.165) is 5.69 Å². The van der Waals surface area contributed by atoms with E-state index in [9.17, 15) is 9.59 Å². The van der Waals surface area contributed by atoms with Gasteiger partial charge in [-0.3, -0.25) is 9.59 Å². The maximum absolute atomic E-state index is 11.6. The van der Waals surface area contributed by atoms with Crippen molar-refractivity contribution in [2.24, 2.45) is 0 Å². The third-order valence-electron chi connectivity index (χ3n) is 2.53. The number of Topliss-reactive ketones (excluding diaryl/α,β-unsaturated/α-hetero) is 1. The van der Waals surface area contributed by atoms with Crippen molar-refractivity contribution in [3.63, 3.8) is 0 Å². The van der Waals surface area contributed by atoms with Crippen LogP contribution in [0.5, 0.6) is 5.75 Å². The number of benzene rings is 1. The number of ketones is 1. The molecule has 0 N–H and O–H groups in total. The van der Waals surface area contributed by atoms with Crippen molar-refractivity contribution in [2.75, 3.05) is 17.3 Å². The Bertz CT molecular complexity index is 447. The van der Waals surface area contributed by atoms with Crippen molar-refractivity contribution < 1.29 is 14.3 Å². The number of aldehydes is 1. The van der Waals surface area contributed by atoms with Gasteiger partial charge in [-0.25, -0.2) is 0 Å². The summed E-state index contributed by atoms with van der Waals surface area (Å²) in [5.41, 5.74) is 1.27. The molecule has 0 bridgehead atoms. The molecule has 1 atom stereocenters. The highest BCUT2D eigenvalue weighted by atomic mass is 79.9. The van der Waals surface area contributed by atoms with Crippen molar-refractivity contribution in [1.29, 1.82) is 0 Å². The number of carbonyl (C=O) groups excluding carboxylic acids is 2. The lowest BCUT2D eigenvalue weighted by Gasteiger charge is -2.13. The SMILES string of the molecule is CN1c2cccc(C(=O)CBr)c2OC1C=O. The number of para-hydroxylation sites is 1. The highest BCUT2D eigenvalue weighted by Crippen LogP contribution is 2.38. The summed E-state index contributed by atoms with van der Waals surface area (Å²) in [5.74, 6) is 0.434. The molecule has 5 heteroatoms. The minimum absolute atomic E-state index is 0.0585. The first-order valence-electron chi connectivity index (χ1n) is 4.76. The lowest BCUT2D eigenvalue weighted by atomic mass is 10.1. The maximum atomic E-state index is 11.6. The number of hydrogen-bond donors (Lipinski definition) is 0. The molecule has 0 radical (unpaired) electrons. The van der Waals surface area contributed by atoms with E-state index in [1.807, 2.05) is 6.07 Å². The van der Waals surface area contributed by atoms with Gasteiger partial charge in [-0.05, 0) is 12.1 Å². The zero-order valence-electron chi connectivity index (χ0n) is 8.64. The van der Waals surface area contributed by atoms with Crippen molar-refractivity contribution >= 4 is 33.7 Å². The van der Waals surface area contributed by atoms with Crippen molar-refractivity contribution in [2.45, 2.75) is 6.23 Å². The summed E-state index contributed by atoms with van der Waals surface area (Å²) in [4.78, 5) is 24.1. The van der Waals surface area contributed by atoms with Crippen LogP contribution in [-0.2, 0) is 4.79 Å². The van der Waals surface area contributed by atoms with Gasteiger partial charge >= 0.3 is 0 Å². The number of hydrogen-bond acceptors (Lipinski definition) is 4. The molecule has 84 valence electrons. The standard InChI is InChI=1S/C11H10BrNO3/c1-13-8-4-2-3-7(9(15)5-12)11(8)16-10(13)6-14/h2-4,6,10H,5H2,1H3. The Morgan fingerprint density at radius 2 is 2.38 bits per heavy atom. The van der Waals surface area contributed by atoms with Gasteiger partial charge in [-0.15, -0.1) is 0 Å². The highest BCUT2D eigenvalue weighted by molar-refractivity contribution is 9.09. The number of alkyl halides is 1. The van der Waals surface area contributed by atoms with Gasteiger partial charge in [0.25, 0.3) is 0 Å². The second kappa shape index (κ2) is 4.25. The lowest BCUT2D eigenvalue weighted by molar-refractivity contribution is -0.113. The number of likely N-dealkylation sites (N-methyl/N-ethyl adjacent to an activating group) is 1. The highest BCUT2D eigenvalue weighted by Gasteiger charge is 2.30. The minimum Gasteiger partial charge on any atom is -0.460 e. The molecule has 1 aliphatic rings. The maximum Gasteiger partial charge on any atom is 0.228 e. The normalized spacial score (nSPS) is 17.9. The summed E-state index contributed by atoms with van der Waals surface area (Å²) in [7, 11) is 1.76. The van der Waals surface area contributed by atoms with Crippen LogP contribution < -0.4 is 9.64 Å². The second-order valence-corrected chi connectivity index (χ2v) is 4.03. The fourth-order valence-corrected chi connectivity index (χ4v) is 1.98. The van der Waals surface area contributed by atoms with Crippen LogP contribution in [0.4, 0.5) is 5.69 Å². The van der Waals surface area contributed by atoms with E-state index in [0.29, 0.717) is 17.6 Å². The molecule has 1 aromatic rings. The fraction of sp³-hybridized carbons (Fsp3) is 0.273. The van der Waals surface area contributed by atoms with Gasteiger partial charge in [0.05, 0.1) is 16.6 Å². The summed E-state index contributed by atoms with van der Waals surface area (Å²) in [6.07, 6.45) is 0.0711. The topological polar surface area (TPSA) is 46.6 Å². The number of carbonyl (C=O) groups is 2. The van der Waals surface area contributed by atoms with Crippen LogP contribution in [0.25, 0.3) is 0 Å². The molecular weight excluding hydrogens is 274 g/mol. The molecule has 1 aromatic carbocycles. The number of rotatable bonds is 3. The molecule has 4 nitrogen and oxygen atoms in total. The van der Waals surface area contributed by atoms with Crippen molar-refractivity contribution in [1.82, 2.24) is 0 Å². The van der Waals surface area contributed by atoms with Gasteiger partial charge in [0.2, 0.25) is 6.23 Å². The van der Waals surface area contributed by atoms with E-state index in [1.165, 1.54) is 0 Å². The van der Waals surface area contributed by atoms with E-state index in [1.54, 1.807) is 24.1 Å². The van der Waals surface area contributed by atoms with Crippen LogP contribution in [0.3, 0.4) is 0 Å². The van der Waals surface area contributed by atoms with Gasteiger partial charge < -0.3 is 9.64 Å². The third-order valence-corrected chi connectivity index (χ3v) is 3.04. The van der Waals surface area contributed by atoms with Gasteiger partial charge in [0.1, 0.15) is 0 Å². The molecule has 0 spiro atoms. The number of nitrogens with zero attached hydrogens (tertiary/aromatic N) is 1. The van der Waals surface area contributed by atoms with E-state index in [2.05, 4.69) is 15.9 Å². The van der Waals surface area contributed by atoms with Crippen LogP contribution in [0, 0.1) is 0 Å². The molecule has 16 heavy (non-hydrogen) atoms. The molecule has 1 unspecified atom stereocenters. The predicted molar refractivity (Wildman–Crippen MR) is 63.4 cm³/mol. The van der Waals surface area contributed by atoms with Crippen LogP contribution in [0.2, 0.25) is 0 Å². The van der Waals surface area contributed by atoms with Gasteiger partial charge in [-0.2, -0.15) is 0 Å². The largest absolute Gasteiger partial charge is 0.460 e. The van der Waals surface area contributed by atoms with Crippen molar-refractivity contribution in [3.8, 4) is 5.75 Å². The van der Waals surface area contributed by atoms with E-state index in [4.69, 9.17) is 4.74 Å². The smallest absolute Gasteiger partial charge is 0.228 e. The number of ether oxygens (including phenoxy) is 1. The molecule has 0 aromatic heterocycles. The number of fused-ring (bicyclic) bond motifs is 1. The molecule has 1 aliphatic heterocycles. The van der Waals surface area contributed by atoms with E-state index in [-0.39, 0.29) is 11.1 Å². The average molecular weight is 284 g/mol. The molecule has 0 saturated carbocycles. The van der Waals surface area contributed by atoms with Gasteiger partial charge in [-0.1, -0.05) is 22.0 Å². The Balaban J connectivity index is 2.48. The van der Waals surface area contributed by atoms with Crippen LogP contribution >= 0.6 is 15.9 Å². The Labute approximate surface area is 101 Å². The van der Waals surface area contributed by atoms with Crippen LogP contribution in [0.1, 0.15) is 10.4 Å². The Morgan fingerprint density at radius 1 is 1.62 bits per heavy atom. The quantitative estimate of drug-likeness (QED) is 0.481. The van der Waals surface area contributed by atoms with Crippen molar-refractivity contribution in [3.05, 3.63) is 23.8 Å². The summed E-state index contributed by atoms with van der Waals surface area (Å²) in [5, 5.41) is 0.238. The summed E-state index contributed by atoms with van der Waals surface area (Å²) in [6.45, 7) is 0. The number of halogens is 1. The molecule has 0 fully saturated rings. The molecule has 0 amide bonds. The Kier molecular flexibility index (Phi) is 2.96. The predicted octanol–water partition coefficient (Wildman–Crippen LogP) is 1.62. The molecule has 0 saturated heterocycles. The summed E-state index contributed by atoms with van der Waals surface area (Å²) >= 11 is 3.12. The molecule has 2 rings (SSSR count). The second-order valence-electron chi connectivity index (χ2n) is 3.47. The molecule has 1 heterocycles. The van der Waals surface area contributed by atoms with Gasteiger partial charge in [0, 0.05) is 7.05 Å². The minimum atomic E-state index is -0.640. The van der Waals surface area contributed by atoms with Gasteiger partial charge in [0.15, 0.2) is 17.8 Å². The number of anilines is 1. The van der Waals surface area contributed by atoms with E-state index < -0.39 is 6.23 Å². The zero-order valence-corrected chi connectivity index (χ0v) is 10.2. The van der Waals surface area contributed by atoms with Crippen LogP contribution in [-0.4, -0.2) is 30.7 Å². The zero-order chi connectivity index (χ0) is 11.7. The Hall–Kier alpha value is -1.36. The lowest BCUT2D eigenvalue weighted by Crippen LogP contribution is -2.32.